The molecule has 5 nitrogen and oxygen atoms in total. The zero-order valence-corrected chi connectivity index (χ0v) is 15.3. The Labute approximate surface area is 152 Å². The van der Waals surface area contributed by atoms with Crippen LogP contribution in [0.2, 0.25) is 0 Å². The molecule has 3 rings (SSSR count). The minimum absolute atomic E-state index is 0.293. The molecule has 0 saturated heterocycles. The van der Waals surface area contributed by atoms with Crippen LogP contribution in [-0.2, 0) is 6.42 Å². The van der Waals surface area contributed by atoms with E-state index in [2.05, 4.69) is 35.5 Å². The molecule has 132 valence electrons. The summed E-state index contributed by atoms with van der Waals surface area (Å²) in [4.78, 5) is 6.69. The number of hydrogen-bond acceptors (Lipinski definition) is 4. The Bertz CT molecular complexity index is 796. The van der Waals surface area contributed by atoms with Crippen molar-refractivity contribution in [2.75, 3.05) is 6.54 Å². The fourth-order valence-corrected chi connectivity index (χ4v) is 3.77. The van der Waals surface area contributed by atoms with Gasteiger partial charge in [0.25, 0.3) is 0 Å². The molecule has 0 aliphatic carbocycles. The molecule has 1 aromatic carbocycles. The Kier molecular flexibility index (Phi) is 5.11. The lowest BCUT2D eigenvalue weighted by atomic mass is 10.1. The number of nitrogens with one attached hydrogen (secondary N) is 2. The van der Waals surface area contributed by atoms with Crippen molar-refractivity contribution < 1.29 is 5.11 Å². The van der Waals surface area contributed by atoms with Gasteiger partial charge >= 0.3 is 0 Å². The molecule has 0 radical (unpaired) electrons. The number of guanidine groups is 1. The number of aliphatic imine (C=N–C) groups is 1. The summed E-state index contributed by atoms with van der Waals surface area (Å²) < 4.78 is 0. The predicted octanol–water partition coefficient (Wildman–Crippen LogP) is 3.04. The van der Waals surface area contributed by atoms with Crippen LogP contribution in [0.1, 0.15) is 18.7 Å². The molecular formula is C19H24N4OS. The maximum absolute atomic E-state index is 10.0. The first-order valence-corrected chi connectivity index (χ1v) is 9.20. The average Bonchev–Trinajstić information content (AvgIpc) is 3.01. The minimum Gasteiger partial charge on any atom is -0.507 e. The Balaban J connectivity index is 1.74. The van der Waals surface area contributed by atoms with Gasteiger partial charge in [-0.15, -0.1) is 11.3 Å². The lowest BCUT2D eigenvalue weighted by molar-refractivity contribution is 0.474. The summed E-state index contributed by atoms with van der Waals surface area (Å²) in [7, 11) is 0. The van der Waals surface area contributed by atoms with Gasteiger partial charge < -0.3 is 21.5 Å². The molecule has 1 aliphatic heterocycles. The monoisotopic (exact) mass is 356 g/mol. The molecule has 1 atom stereocenters. The molecule has 1 aromatic heterocycles. The van der Waals surface area contributed by atoms with E-state index in [0.29, 0.717) is 24.0 Å². The zero-order valence-electron chi connectivity index (χ0n) is 14.5. The van der Waals surface area contributed by atoms with Gasteiger partial charge in [-0.3, -0.25) is 4.99 Å². The number of thiophene rings is 1. The van der Waals surface area contributed by atoms with E-state index in [0.717, 1.165) is 21.9 Å². The third kappa shape index (κ3) is 4.41. The SMILES string of the molecule is CC(C)CN=C1NC=CC(N)(Cc2ccc(-c3ccccc3O)s2)N1. The summed E-state index contributed by atoms with van der Waals surface area (Å²) in [6, 6.07) is 11.5. The Morgan fingerprint density at radius 2 is 2.04 bits per heavy atom. The number of phenolic OH excluding ortho intramolecular Hbond substituents is 1. The van der Waals surface area contributed by atoms with E-state index in [-0.39, 0.29) is 0 Å². The first-order chi connectivity index (χ1) is 12.0. The number of phenols is 1. The maximum Gasteiger partial charge on any atom is 0.197 e. The fourth-order valence-electron chi connectivity index (χ4n) is 2.62. The van der Waals surface area contributed by atoms with Crippen LogP contribution in [0.5, 0.6) is 5.75 Å². The summed E-state index contributed by atoms with van der Waals surface area (Å²) in [5.74, 6) is 1.49. The largest absolute Gasteiger partial charge is 0.507 e. The highest BCUT2D eigenvalue weighted by molar-refractivity contribution is 7.15. The van der Waals surface area contributed by atoms with Gasteiger partial charge in [-0.1, -0.05) is 26.0 Å². The number of rotatable bonds is 5. The van der Waals surface area contributed by atoms with Gasteiger partial charge in [-0.25, -0.2) is 0 Å². The van der Waals surface area contributed by atoms with E-state index in [1.165, 1.54) is 0 Å². The lowest BCUT2D eigenvalue weighted by Gasteiger charge is -2.32. The number of para-hydroxylation sites is 1. The van der Waals surface area contributed by atoms with Gasteiger partial charge in [0.2, 0.25) is 0 Å². The van der Waals surface area contributed by atoms with E-state index in [1.54, 1.807) is 17.4 Å². The molecule has 1 unspecified atom stereocenters. The quantitative estimate of drug-likeness (QED) is 0.664. The topological polar surface area (TPSA) is 82.7 Å². The van der Waals surface area contributed by atoms with Crippen molar-refractivity contribution in [3.8, 4) is 16.2 Å². The van der Waals surface area contributed by atoms with Crippen LogP contribution in [0, 0.1) is 5.92 Å². The highest BCUT2D eigenvalue weighted by atomic mass is 32.1. The summed E-state index contributed by atoms with van der Waals surface area (Å²) in [5, 5.41) is 16.4. The van der Waals surface area contributed by atoms with E-state index < -0.39 is 5.66 Å². The molecule has 0 spiro atoms. The molecule has 0 saturated carbocycles. The van der Waals surface area contributed by atoms with Crippen LogP contribution in [0.25, 0.3) is 10.4 Å². The average molecular weight is 356 g/mol. The van der Waals surface area contributed by atoms with Crippen LogP contribution in [0.3, 0.4) is 0 Å². The first kappa shape index (κ1) is 17.5. The number of nitrogens with two attached hydrogens (primary N) is 1. The molecule has 0 fully saturated rings. The fraction of sp³-hybridized carbons (Fsp3) is 0.316. The van der Waals surface area contributed by atoms with Crippen molar-refractivity contribution in [3.05, 3.63) is 53.6 Å². The molecule has 6 heteroatoms. The highest BCUT2D eigenvalue weighted by Gasteiger charge is 2.27. The second-order valence-electron chi connectivity index (χ2n) is 6.69. The second-order valence-corrected chi connectivity index (χ2v) is 7.85. The van der Waals surface area contributed by atoms with Crippen molar-refractivity contribution in [1.29, 1.82) is 0 Å². The van der Waals surface area contributed by atoms with Crippen LogP contribution in [0.4, 0.5) is 0 Å². The summed E-state index contributed by atoms with van der Waals surface area (Å²) in [6.07, 6.45) is 4.40. The molecule has 5 N–H and O–H groups in total. The van der Waals surface area contributed by atoms with Gasteiger partial charge in [0.15, 0.2) is 5.96 Å². The van der Waals surface area contributed by atoms with Crippen molar-refractivity contribution >= 4 is 17.3 Å². The third-order valence-electron chi connectivity index (χ3n) is 3.86. The van der Waals surface area contributed by atoms with Gasteiger partial charge in [-0.05, 0) is 36.3 Å². The molecule has 2 heterocycles. The molecule has 2 aromatic rings. The van der Waals surface area contributed by atoms with Crippen LogP contribution in [-0.4, -0.2) is 23.3 Å². The molecule has 25 heavy (non-hydrogen) atoms. The summed E-state index contributed by atoms with van der Waals surface area (Å²) in [5.41, 5.74) is 6.67. The maximum atomic E-state index is 10.0. The lowest BCUT2D eigenvalue weighted by Crippen LogP contribution is -2.61. The van der Waals surface area contributed by atoms with Crippen LogP contribution in [0.15, 0.2) is 53.7 Å². The first-order valence-electron chi connectivity index (χ1n) is 8.38. The van der Waals surface area contributed by atoms with E-state index >= 15 is 0 Å². The number of aromatic hydroxyl groups is 1. The standard InChI is InChI=1S/C19H24N4OS/c1-13(2)12-22-18-21-10-9-19(20,23-18)11-14-7-8-17(25-14)15-5-3-4-6-16(15)24/h3-10,13,24H,11-12,20H2,1-2H3,(H2,21,22,23). The van der Waals surface area contributed by atoms with Crippen molar-refractivity contribution in [2.24, 2.45) is 16.6 Å². The highest BCUT2D eigenvalue weighted by Crippen LogP contribution is 2.35. The molecular weight excluding hydrogens is 332 g/mol. The summed E-state index contributed by atoms with van der Waals surface area (Å²) >= 11 is 1.64. The van der Waals surface area contributed by atoms with Gasteiger partial charge in [0.1, 0.15) is 11.4 Å². The van der Waals surface area contributed by atoms with Crippen LogP contribution < -0.4 is 16.4 Å². The van der Waals surface area contributed by atoms with E-state index in [1.807, 2.05) is 36.5 Å². The third-order valence-corrected chi connectivity index (χ3v) is 4.98. The van der Waals surface area contributed by atoms with E-state index in [9.17, 15) is 5.11 Å². The van der Waals surface area contributed by atoms with Gasteiger partial charge in [-0.2, -0.15) is 0 Å². The van der Waals surface area contributed by atoms with Crippen molar-refractivity contribution in [2.45, 2.75) is 25.9 Å². The molecule has 1 aliphatic rings. The number of hydrogen-bond donors (Lipinski definition) is 4. The van der Waals surface area contributed by atoms with Crippen LogP contribution >= 0.6 is 11.3 Å². The van der Waals surface area contributed by atoms with Gasteiger partial charge in [0.05, 0.1) is 0 Å². The predicted molar refractivity (Wildman–Crippen MR) is 105 cm³/mol. The Hall–Kier alpha value is -2.31. The minimum atomic E-state index is -0.679. The zero-order chi connectivity index (χ0) is 17.9. The second kappa shape index (κ2) is 7.29. The normalized spacial score (nSPS) is 21.4. The number of nitrogens with zero attached hydrogens (tertiary/aromatic N) is 1. The Morgan fingerprint density at radius 1 is 1.24 bits per heavy atom. The molecule has 0 amide bonds. The number of benzene rings is 1. The van der Waals surface area contributed by atoms with E-state index in [4.69, 9.17) is 5.73 Å². The van der Waals surface area contributed by atoms with Gasteiger partial charge in [0, 0.05) is 34.5 Å². The summed E-state index contributed by atoms with van der Waals surface area (Å²) in [6.45, 7) is 5.00. The molecule has 0 bridgehead atoms. The van der Waals surface area contributed by atoms with Crippen molar-refractivity contribution in [1.82, 2.24) is 10.6 Å². The Morgan fingerprint density at radius 3 is 2.80 bits per heavy atom. The van der Waals surface area contributed by atoms with Crippen molar-refractivity contribution in [3.63, 3.8) is 0 Å². The smallest absolute Gasteiger partial charge is 0.197 e.